The normalized spacial score (nSPS) is 11.3. The van der Waals surface area contributed by atoms with E-state index < -0.39 is 6.67 Å². The minimum atomic E-state index is -0.627. The Bertz CT molecular complexity index is 2100. The molecule has 0 saturated carbocycles. The van der Waals surface area contributed by atoms with Gasteiger partial charge < -0.3 is 10.6 Å². The third-order valence-corrected chi connectivity index (χ3v) is 8.36. The number of hydrogen-bond donors (Lipinski definition) is 2. The summed E-state index contributed by atoms with van der Waals surface area (Å²) in [7, 11) is 0. The molecule has 2 N–H and O–H groups in total. The molecule has 7 aromatic rings. The molecule has 0 radical (unpaired) electrons. The van der Waals surface area contributed by atoms with Crippen LogP contribution in [0.3, 0.4) is 0 Å². The summed E-state index contributed by atoms with van der Waals surface area (Å²) >= 11 is 3.18. The molecule has 0 saturated heterocycles. The number of alkyl halides is 1. The predicted octanol–water partition coefficient (Wildman–Crippen LogP) is 7.90. The zero-order valence-corrected chi connectivity index (χ0v) is 23.8. The number of halogens is 1. The lowest BCUT2D eigenvalue weighted by molar-refractivity contribution is 0.102. The highest BCUT2D eigenvalue weighted by Crippen LogP contribution is 2.35. The van der Waals surface area contributed by atoms with Crippen molar-refractivity contribution in [3.63, 3.8) is 0 Å². The van der Waals surface area contributed by atoms with Crippen LogP contribution in [0.2, 0.25) is 0 Å². The molecule has 0 aliphatic rings. The largest absolute Gasteiger partial charge is 0.324 e. The highest BCUT2D eigenvalue weighted by molar-refractivity contribution is 7.18. The van der Waals surface area contributed by atoms with E-state index in [9.17, 15) is 9.18 Å². The number of aromatic nitrogens is 5. The SMILES string of the molecule is Cc1nc2cc(Nc3nccc(-c4c(-c5cccc(NC(=O)c6cccc(CF)c6)c5)nc5sccn45)n3)ccc2s1. The molecule has 11 heteroatoms. The van der Waals surface area contributed by atoms with Gasteiger partial charge in [0.1, 0.15) is 12.4 Å². The number of benzene rings is 3. The Morgan fingerprint density at radius 2 is 1.88 bits per heavy atom. The highest BCUT2D eigenvalue weighted by atomic mass is 32.1. The summed E-state index contributed by atoms with van der Waals surface area (Å²) < 4.78 is 16.2. The van der Waals surface area contributed by atoms with Gasteiger partial charge in [-0.05, 0) is 61.0 Å². The first-order chi connectivity index (χ1) is 20.5. The number of fused-ring (bicyclic) bond motifs is 2. The Morgan fingerprint density at radius 1 is 0.976 bits per heavy atom. The van der Waals surface area contributed by atoms with Crippen molar-refractivity contribution in [3.8, 4) is 22.6 Å². The molecular weight excluding hydrogens is 570 g/mol. The molecule has 8 nitrogen and oxygen atoms in total. The maximum absolute atomic E-state index is 13.1. The lowest BCUT2D eigenvalue weighted by atomic mass is 10.1. The van der Waals surface area contributed by atoms with E-state index >= 15 is 0 Å². The van der Waals surface area contributed by atoms with Crippen molar-refractivity contribution in [2.24, 2.45) is 0 Å². The van der Waals surface area contributed by atoms with E-state index in [0.717, 1.165) is 42.8 Å². The van der Waals surface area contributed by atoms with E-state index in [-0.39, 0.29) is 5.91 Å². The number of rotatable bonds is 7. The fraction of sp³-hybridized carbons (Fsp3) is 0.0645. The molecule has 7 rings (SSSR count). The van der Waals surface area contributed by atoms with Crippen LogP contribution in [0, 0.1) is 6.92 Å². The molecule has 4 aromatic heterocycles. The standard InChI is InChI=1S/C31H22FN7OS2/c1-18-34-25-16-23(8-9-26(25)42-18)36-30-33-11-10-24(37-30)28-27(38-31-39(28)12-13-41-31)20-5-3-7-22(15-20)35-29(40)21-6-2-4-19(14-21)17-32/h2-16H,17H2,1H3,(H,35,40)(H,33,36,37). The van der Waals surface area contributed by atoms with Crippen LogP contribution < -0.4 is 10.6 Å². The first kappa shape index (κ1) is 25.9. The Morgan fingerprint density at radius 3 is 2.79 bits per heavy atom. The second kappa shape index (κ2) is 10.8. The number of anilines is 3. The molecule has 0 atom stereocenters. The summed E-state index contributed by atoms with van der Waals surface area (Å²) in [6.45, 7) is 1.37. The summed E-state index contributed by atoms with van der Waals surface area (Å²) in [5, 5.41) is 9.22. The van der Waals surface area contributed by atoms with Gasteiger partial charge in [-0.1, -0.05) is 24.3 Å². The minimum absolute atomic E-state index is 0.314. The molecule has 1 amide bonds. The molecule has 0 unspecified atom stereocenters. The van der Waals surface area contributed by atoms with Gasteiger partial charge in [-0.25, -0.2) is 24.3 Å². The third kappa shape index (κ3) is 5.00. The second-order valence-corrected chi connectivity index (χ2v) is 11.6. The van der Waals surface area contributed by atoms with Gasteiger partial charge in [-0.2, -0.15) is 0 Å². The Hall–Kier alpha value is -5.00. The highest BCUT2D eigenvalue weighted by Gasteiger charge is 2.19. The zero-order chi connectivity index (χ0) is 28.6. The Labute approximate surface area is 247 Å². The summed E-state index contributed by atoms with van der Waals surface area (Å²) in [6, 6.07) is 21.9. The van der Waals surface area contributed by atoms with Gasteiger partial charge >= 0.3 is 0 Å². The van der Waals surface area contributed by atoms with Crippen LogP contribution >= 0.6 is 22.7 Å². The van der Waals surface area contributed by atoms with Crippen molar-refractivity contribution in [2.75, 3.05) is 10.6 Å². The topological polar surface area (TPSA) is 97.1 Å². The van der Waals surface area contributed by atoms with E-state index in [1.807, 2.05) is 71.4 Å². The van der Waals surface area contributed by atoms with Crippen LogP contribution in [0.15, 0.2) is 90.6 Å². The number of imidazole rings is 1. The van der Waals surface area contributed by atoms with Crippen molar-refractivity contribution < 1.29 is 9.18 Å². The van der Waals surface area contributed by atoms with Crippen molar-refractivity contribution >= 4 is 61.1 Å². The third-order valence-electron chi connectivity index (χ3n) is 6.65. The summed E-state index contributed by atoms with van der Waals surface area (Å²) in [4.78, 5) is 32.5. The van der Waals surface area contributed by atoms with Gasteiger partial charge in [0, 0.05) is 40.3 Å². The number of aryl methyl sites for hydroxylation is 1. The molecule has 3 aromatic carbocycles. The Balaban J connectivity index is 1.22. The van der Waals surface area contributed by atoms with Crippen molar-refractivity contribution in [1.82, 2.24) is 24.3 Å². The number of carbonyl (C=O) groups is 1. The van der Waals surface area contributed by atoms with Crippen LogP contribution in [-0.2, 0) is 6.67 Å². The first-order valence-electron chi connectivity index (χ1n) is 13.0. The second-order valence-electron chi connectivity index (χ2n) is 9.54. The van der Waals surface area contributed by atoms with Gasteiger partial charge in [-0.15, -0.1) is 22.7 Å². The molecule has 42 heavy (non-hydrogen) atoms. The molecule has 206 valence electrons. The average Bonchev–Trinajstić information content (AvgIpc) is 3.71. The van der Waals surface area contributed by atoms with Crippen molar-refractivity contribution in [3.05, 3.63) is 107 Å². The van der Waals surface area contributed by atoms with E-state index in [2.05, 4.69) is 20.6 Å². The molecule has 0 bridgehead atoms. The smallest absolute Gasteiger partial charge is 0.255 e. The van der Waals surface area contributed by atoms with Gasteiger partial charge in [0.25, 0.3) is 5.91 Å². The fourth-order valence-corrected chi connectivity index (χ4v) is 6.30. The van der Waals surface area contributed by atoms with Crippen molar-refractivity contribution in [2.45, 2.75) is 13.6 Å². The van der Waals surface area contributed by atoms with E-state index in [1.54, 1.807) is 41.8 Å². The summed E-state index contributed by atoms with van der Waals surface area (Å²) in [5.41, 5.74) is 6.26. The van der Waals surface area contributed by atoms with Crippen LogP contribution in [0.25, 0.3) is 37.8 Å². The summed E-state index contributed by atoms with van der Waals surface area (Å²) in [5.74, 6) is 0.137. The van der Waals surface area contributed by atoms with E-state index in [1.165, 1.54) is 11.3 Å². The molecule has 0 aliphatic heterocycles. The van der Waals surface area contributed by atoms with Gasteiger partial charge in [0.15, 0.2) is 4.96 Å². The van der Waals surface area contributed by atoms with Crippen LogP contribution in [0.4, 0.5) is 21.7 Å². The minimum Gasteiger partial charge on any atom is -0.324 e. The molecule has 0 aliphatic carbocycles. The molecular formula is C31H22FN7OS2. The van der Waals surface area contributed by atoms with Crippen LogP contribution in [-0.4, -0.2) is 30.2 Å². The van der Waals surface area contributed by atoms with Crippen LogP contribution in [0.5, 0.6) is 0 Å². The number of nitrogens with zero attached hydrogens (tertiary/aromatic N) is 5. The monoisotopic (exact) mass is 591 g/mol. The van der Waals surface area contributed by atoms with Crippen molar-refractivity contribution in [1.29, 1.82) is 0 Å². The average molecular weight is 592 g/mol. The number of carbonyl (C=O) groups excluding carboxylic acids is 1. The predicted molar refractivity (Wildman–Crippen MR) is 166 cm³/mol. The quantitative estimate of drug-likeness (QED) is 0.196. The lowest BCUT2D eigenvalue weighted by Gasteiger charge is -2.10. The molecule has 0 spiro atoms. The maximum atomic E-state index is 13.1. The number of amides is 1. The number of hydrogen-bond acceptors (Lipinski definition) is 8. The maximum Gasteiger partial charge on any atom is 0.255 e. The van der Waals surface area contributed by atoms with E-state index in [4.69, 9.17) is 9.97 Å². The van der Waals surface area contributed by atoms with E-state index in [0.29, 0.717) is 28.5 Å². The van der Waals surface area contributed by atoms with Gasteiger partial charge in [0.2, 0.25) is 5.95 Å². The number of nitrogens with one attached hydrogen (secondary N) is 2. The fourth-order valence-electron chi connectivity index (χ4n) is 4.78. The number of thiazole rings is 2. The molecule has 0 fully saturated rings. The van der Waals surface area contributed by atoms with Gasteiger partial charge in [-0.3, -0.25) is 9.20 Å². The molecule has 4 heterocycles. The van der Waals surface area contributed by atoms with Crippen LogP contribution in [0.1, 0.15) is 20.9 Å². The Kier molecular flexibility index (Phi) is 6.65. The van der Waals surface area contributed by atoms with Gasteiger partial charge in [0.05, 0.1) is 26.6 Å². The lowest BCUT2D eigenvalue weighted by Crippen LogP contribution is -2.12. The summed E-state index contributed by atoms with van der Waals surface area (Å²) in [6.07, 6.45) is 3.68. The zero-order valence-electron chi connectivity index (χ0n) is 22.2. The first-order valence-corrected chi connectivity index (χ1v) is 14.7.